The smallest absolute Gasteiger partial charge is 0.240 e. The van der Waals surface area contributed by atoms with Crippen molar-refractivity contribution >= 4 is 34.9 Å². The minimum atomic E-state index is -1.28. The van der Waals surface area contributed by atoms with E-state index in [9.17, 15) is 14.4 Å². The number of amides is 2. The van der Waals surface area contributed by atoms with Crippen molar-refractivity contribution in [2.24, 2.45) is 5.41 Å². The molecule has 6 nitrogen and oxygen atoms in total. The number of halogens is 1. The second kappa shape index (κ2) is 8.58. The van der Waals surface area contributed by atoms with Crippen LogP contribution in [0.2, 0.25) is 5.02 Å². The molecular weight excluding hydrogens is 402 g/mol. The molecule has 2 aliphatic heterocycles. The van der Waals surface area contributed by atoms with E-state index >= 15 is 0 Å². The van der Waals surface area contributed by atoms with Crippen molar-refractivity contribution in [2.45, 2.75) is 19.3 Å². The van der Waals surface area contributed by atoms with Crippen LogP contribution in [0.4, 0.5) is 5.69 Å². The summed E-state index contributed by atoms with van der Waals surface area (Å²) < 4.78 is 0. The lowest BCUT2D eigenvalue weighted by Gasteiger charge is -2.40. The topological polar surface area (TPSA) is 78.5 Å². The number of para-hydroxylation sites is 1. The fourth-order valence-corrected chi connectivity index (χ4v) is 4.33. The molecule has 4 rings (SSSR count). The predicted octanol–water partition coefficient (Wildman–Crippen LogP) is 2.92. The monoisotopic (exact) mass is 425 g/mol. The maximum atomic E-state index is 13.6. The molecular formula is C23H24ClN3O3. The number of carbonyl (C=O) groups excluding carboxylic acids is 3. The van der Waals surface area contributed by atoms with Crippen LogP contribution in [0.15, 0.2) is 48.5 Å². The van der Waals surface area contributed by atoms with Gasteiger partial charge in [-0.25, -0.2) is 0 Å². The molecule has 1 unspecified atom stereocenters. The molecule has 0 bridgehead atoms. The van der Waals surface area contributed by atoms with Gasteiger partial charge in [-0.05, 0) is 48.7 Å². The molecule has 156 valence electrons. The first-order valence-electron chi connectivity index (χ1n) is 10.2. The highest BCUT2D eigenvalue weighted by molar-refractivity contribution is 6.30. The molecule has 1 fully saturated rings. The van der Waals surface area contributed by atoms with Crippen molar-refractivity contribution in [1.82, 2.24) is 10.2 Å². The second-order valence-electron chi connectivity index (χ2n) is 7.84. The van der Waals surface area contributed by atoms with Crippen LogP contribution in [0, 0.1) is 5.41 Å². The molecule has 2 amide bonds. The Hall–Kier alpha value is -2.70. The van der Waals surface area contributed by atoms with Crippen LogP contribution in [-0.4, -0.2) is 48.7 Å². The number of piperazine rings is 1. The number of anilines is 1. The summed E-state index contributed by atoms with van der Waals surface area (Å²) in [6.07, 6.45) is 0.568. The number of ketones is 1. The van der Waals surface area contributed by atoms with Gasteiger partial charge in [0.25, 0.3) is 0 Å². The molecule has 30 heavy (non-hydrogen) atoms. The number of hydrogen-bond donors (Lipinski definition) is 2. The molecule has 0 aliphatic carbocycles. The van der Waals surface area contributed by atoms with E-state index in [1.54, 1.807) is 29.2 Å². The lowest BCUT2D eigenvalue weighted by Crippen LogP contribution is -2.57. The van der Waals surface area contributed by atoms with Crippen LogP contribution in [0.5, 0.6) is 0 Å². The zero-order valence-electron chi connectivity index (χ0n) is 16.6. The summed E-state index contributed by atoms with van der Waals surface area (Å²) >= 11 is 5.91. The molecule has 2 N–H and O–H groups in total. The summed E-state index contributed by atoms with van der Waals surface area (Å²) in [5.41, 5.74) is 0.893. The van der Waals surface area contributed by atoms with E-state index in [0.29, 0.717) is 43.2 Å². The number of rotatable bonds is 5. The Labute approximate surface area is 180 Å². The quantitative estimate of drug-likeness (QED) is 0.570. The molecule has 0 saturated carbocycles. The lowest BCUT2D eigenvalue weighted by molar-refractivity contribution is -0.150. The van der Waals surface area contributed by atoms with Crippen LogP contribution in [-0.2, 0) is 16.0 Å². The van der Waals surface area contributed by atoms with Gasteiger partial charge in [-0.3, -0.25) is 14.4 Å². The average Bonchev–Trinajstić information content (AvgIpc) is 2.78. The van der Waals surface area contributed by atoms with E-state index in [4.69, 9.17) is 11.6 Å². The molecule has 2 aliphatic rings. The van der Waals surface area contributed by atoms with E-state index in [0.717, 1.165) is 11.3 Å². The first-order valence-corrected chi connectivity index (χ1v) is 10.6. The van der Waals surface area contributed by atoms with Gasteiger partial charge >= 0.3 is 0 Å². The lowest BCUT2D eigenvalue weighted by atomic mass is 9.72. The van der Waals surface area contributed by atoms with Gasteiger partial charge < -0.3 is 15.5 Å². The fraction of sp³-hybridized carbons (Fsp3) is 0.348. The highest BCUT2D eigenvalue weighted by atomic mass is 35.5. The Morgan fingerprint density at radius 1 is 1.03 bits per heavy atom. The summed E-state index contributed by atoms with van der Waals surface area (Å²) in [4.78, 5) is 41.4. The van der Waals surface area contributed by atoms with Gasteiger partial charge in [0.1, 0.15) is 5.41 Å². The van der Waals surface area contributed by atoms with Gasteiger partial charge in [0.05, 0.1) is 0 Å². The number of fused-ring (bicyclic) bond motifs is 1. The first kappa shape index (κ1) is 20.6. The minimum absolute atomic E-state index is 0.106. The molecule has 0 aromatic heterocycles. The Morgan fingerprint density at radius 3 is 2.47 bits per heavy atom. The maximum absolute atomic E-state index is 13.6. The third-order valence-corrected chi connectivity index (χ3v) is 6.20. The number of nitrogens with one attached hydrogen (secondary N) is 2. The minimum Gasteiger partial charge on any atom is -0.339 e. The summed E-state index contributed by atoms with van der Waals surface area (Å²) in [6.45, 7) is 2.51. The van der Waals surface area contributed by atoms with Crippen molar-refractivity contribution in [3.8, 4) is 0 Å². The standard InChI is InChI=1S/C23H24ClN3O3/c24-18-7-5-16(6-8-18)20(28)9-10-23(22(30)27-13-11-25-12-14-27)15-17-3-1-2-4-19(17)26-21(23)29/h1-8,25H,9-15H2,(H,26,29). The summed E-state index contributed by atoms with van der Waals surface area (Å²) in [6, 6.07) is 14.2. The predicted molar refractivity (Wildman–Crippen MR) is 116 cm³/mol. The largest absolute Gasteiger partial charge is 0.339 e. The van der Waals surface area contributed by atoms with E-state index in [1.807, 2.05) is 24.3 Å². The molecule has 1 saturated heterocycles. The summed E-state index contributed by atoms with van der Waals surface area (Å²) in [7, 11) is 0. The van der Waals surface area contributed by atoms with Crippen LogP contribution in [0.1, 0.15) is 28.8 Å². The Kier molecular flexibility index (Phi) is 5.88. The molecule has 0 radical (unpaired) electrons. The van der Waals surface area contributed by atoms with Crippen molar-refractivity contribution in [3.05, 3.63) is 64.7 Å². The number of hydrogen-bond acceptors (Lipinski definition) is 4. The summed E-state index contributed by atoms with van der Waals surface area (Å²) in [5, 5.41) is 6.70. The van der Waals surface area contributed by atoms with Gasteiger partial charge in [0.2, 0.25) is 11.8 Å². The van der Waals surface area contributed by atoms with Crippen LogP contribution in [0.25, 0.3) is 0 Å². The second-order valence-corrected chi connectivity index (χ2v) is 8.28. The van der Waals surface area contributed by atoms with Crippen LogP contribution >= 0.6 is 11.6 Å². The normalized spacial score (nSPS) is 21.0. The van der Waals surface area contributed by atoms with Crippen molar-refractivity contribution in [2.75, 3.05) is 31.5 Å². The summed E-state index contributed by atoms with van der Waals surface area (Å²) in [5.74, 6) is -0.626. The Morgan fingerprint density at radius 2 is 1.73 bits per heavy atom. The van der Waals surface area contributed by atoms with E-state index < -0.39 is 5.41 Å². The van der Waals surface area contributed by atoms with E-state index in [1.165, 1.54) is 0 Å². The van der Waals surface area contributed by atoms with E-state index in [-0.39, 0.29) is 30.4 Å². The van der Waals surface area contributed by atoms with Crippen molar-refractivity contribution in [3.63, 3.8) is 0 Å². The van der Waals surface area contributed by atoms with Crippen molar-refractivity contribution < 1.29 is 14.4 Å². The van der Waals surface area contributed by atoms with E-state index in [2.05, 4.69) is 10.6 Å². The SMILES string of the molecule is O=C(CCC1(C(=O)N2CCNCC2)Cc2ccccc2NC1=O)c1ccc(Cl)cc1. The number of carbonyl (C=O) groups is 3. The van der Waals surface area contributed by atoms with Crippen LogP contribution < -0.4 is 10.6 Å². The third-order valence-electron chi connectivity index (χ3n) is 5.95. The number of nitrogens with zero attached hydrogens (tertiary/aromatic N) is 1. The van der Waals surface area contributed by atoms with Gasteiger partial charge in [-0.2, -0.15) is 0 Å². The van der Waals surface area contributed by atoms with Gasteiger partial charge in [-0.1, -0.05) is 29.8 Å². The fourth-order valence-electron chi connectivity index (χ4n) is 4.20. The van der Waals surface area contributed by atoms with Gasteiger partial charge in [0, 0.05) is 48.9 Å². The molecule has 2 aromatic carbocycles. The zero-order valence-corrected chi connectivity index (χ0v) is 17.4. The molecule has 2 aromatic rings. The average molecular weight is 426 g/mol. The Bertz CT molecular complexity index is 970. The third kappa shape index (κ3) is 3.98. The Balaban J connectivity index is 1.62. The van der Waals surface area contributed by atoms with Gasteiger partial charge in [-0.15, -0.1) is 0 Å². The van der Waals surface area contributed by atoms with Crippen LogP contribution in [0.3, 0.4) is 0 Å². The highest BCUT2D eigenvalue weighted by Crippen LogP contribution is 2.39. The molecule has 2 heterocycles. The molecule has 0 spiro atoms. The molecule has 1 atom stereocenters. The number of Topliss-reactive ketones (excluding diaryl/α,β-unsaturated/α-hetero) is 1. The maximum Gasteiger partial charge on any atom is 0.240 e. The van der Waals surface area contributed by atoms with Gasteiger partial charge in [0.15, 0.2) is 5.78 Å². The molecule has 7 heteroatoms. The first-order chi connectivity index (χ1) is 14.5. The zero-order chi connectivity index (χ0) is 21.1. The number of benzene rings is 2. The highest BCUT2D eigenvalue weighted by Gasteiger charge is 2.50. The van der Waals surface area contributed by atoms with Crippen molar-refractivity contribution in [1.29, 1.82) is 0 Å².